The summed E-state index contributed by atoms with van der Waals surface area (Å²) in [6.45, 7) is 0. The quantitative estimate of drug-likeness (QED) is 0.418. The summed E-state index contributed by atoms with van der Waals surface area (Å²) in [6.07, 6.45) is 2.97. The van der Waals surface area contributed by atoms with Gasteiger partial charge in [0.05, 0.1) is 5.52 Å². The number of rotatable bonds is 4. The van der Waals surface area contributed by atoms with Crippen molar-refractivity contribution in [3.05, 3.63) is 99.0 Å². The van der Waals surface area contributed by atoms with Crippen molar-refractivity contribution in [2.75, 3.05) is 0 Å². The molecule has 4 rings (SSSR count). The smallest absolute Gasteiger partial charge is 0.270 e. The molecule has 0 radical (unpaired) electrons. The van der Waals surface area contributed by atoms with Crippen molar-refractivity contribution in [2.45, 2.75) is 0 Å². The molecule has 4 aromatic rings. The highest BCUT2D eigenvalue weighted by Crippen LogP contribution is 2.28. The predicted octanol–water partition coefficient (Wildman–Crippen LogP) is 4.65. The molecule has 27 heavy (non-hydrogen) atoms. The molecule has 0 saturated heterocycles. The lowest BCUT2D eigenvalue weighted by Gasteiger charge is -2.14. The van der Waals surface area contributed by atoms with E-state index >= 15 is 0 Å². The number of para-hydroxylation sites is 2. The standard InChI is InChI=1S/C22H15NO3S/c24-19(13-12-16-9-6-14-27-16)20-21(25)17-10-4-5-11-18(17)23(22(20)26)15-7-2-1-3-8-15/h1-14,25H/b13-12+. The van der Waals surface area contributed by atoms with Crippen LogP contribution in [0.2, 0.25) is 0 Å². The Morgan fingerprint density at radius 2 is 1.70 bits per heavy atom. The van der Waals surface area contributed by atoms with Gasteiger partial charge in [-0.15, -0.1) is 11.3 Å². The second-order valence-electron chi connectivity index (χ2n) is 5.93. The first-order valence-corrected chi connectivity index (χ1v) is 9.23. The minimum absolute atomic E-state index is 0.231. The molecule has 2 aromatic heterocycles. The molecule has 0 fully saturated rings. The summed E-state index contributed by atoms with van der Waals surface area (Å²) in [6, 6.07) is 19.8. The maximum absolute atomic E-state index is 13.2. The Bertz CT molecular complexity index is 1210. The molecule has 132 valence electrons. The van der Waals surface area contributed by atoms with Gasteiger partial charge < -0.3 is 5.11 Å². The highest BCUT2D eigenvalue weighted by atomic mass is 32.1. The van der Waals surface area contributed by atoms with Crippen LogP contribution in [0, 0.1) is 0 Å². The average molecular weight is 373 g/mol. The number of hydrogen-bond acceptors (Lipinski definition) is 4. The van der Waals surface area contributed by atoms with Gasteiger partial charge in [0, 0.05) is 16.0 Å². The number of benzene rings is 2. The van der Waals surface area contributed by atoms with Crippen molar-refractivity contribution in [3.63, 3.8) is 0 Å². The topological polar surface area (TPSA) is 59.3 Å². The lowest BCUT2D eigenvalue weighted by Crippen LogP contribution is -2.25. The van der Waals surface area contributed by atoms with Crippen LogP contribution in [-0.2, 0) is 0 Å². The first-order chi connectivity index (χ1) is 13.2. The van der Waals surface area contributed by atoms with E-state index < -0.39 is 11.3 Å². The normalized spacial score (nSPS) is 11.3. The summed E-state index contributed by atoms with van der Waals surface area (Å²) in [5.74, 6) is -0.815. The number of ketones is 1. The van der Waals surface area contributed by atoms with Crippen molar-refractivity contribution in [1.29, 1.82) is 0 Å². The number of pyridine rings is 1. The zero-order valence-corrected chi connectivity index (χ0v) is 15.0. The molecular weight excluding hydrogens is 358 g/mol. The van der Waals surface area contributed by atoms with E-state index in [0.717, 1.165) is 4.88 Å². The average Bonchev–Trinajstić information content (AvgIpc) is 3.21. The molecule has 1 N–H and O–H groups in total. The summed E-state index contributed by atoms with van der Waals surface area (Å²) in [5, 5.41) is 13.0. The van der Waals surface area contributed by atoms with E-state index in [9.17, 15) is 14.7 Å². The van der Waals surface area contributed by atoms with Crippen molar-refractivity contribution in [3.8, 4) is 11.4 Å². The van der Waals surface area contributed by atoms with Crippen LogP contribution in [0.25, 0.3) is 22.7 Å². The van der Waals surface area contributed by atoms with Crippen LogP contribution < -0.4 is 5.56 Å². The molecule has 0 spiro atoms. The van der Waals surface area contributed by atoms with Gasteiger partial charge in [-0.2, -0.15) is 0 Å². The maximum Gasteiger partial charge on any atom is 0.270 e. The fraction of sp³-hybridized carbons (Fsp3) is 0. The van der Waals surface area contributed by atoms with E-state index in [0.29, 0.717) is 16.6 Å². The van der Waals surface area contributed by atoms with Gasteiger partial charge >= 0.3 is 0 Å². The minimum atomic E-state index is -0.543. The van der Waals surface area contributed by atoms with Crippen LogP contribution in [-0.4, -0.2) is 15.5 Å². The summed E-state index contributed by atoms with van der Waals surface area (Å²) in [7, 11) is 0. The van der Waals surface area contributed by atoms with Crippen molar-refractivity contribution in [2.24, 2.45) is 0 Å². The van der Waals surface area contributed by atoms with Crippen LogP contribution >= 0.6 is 11.3 Å². The Balaban J connectivity index is 1.96. The SMILES string of the molecule is O=C(/C=C/c1cccs1)c1c(O)c2ccccc2n(-c2ccccc2)c1=O. The zero-order valence-electron chi connectivity index (χ0n) is 14.2. The molecular formula is C22H15NO3S. The first kappa shape index (κ1) is 17.0. The molecule has 2 aromatic carbocycles. The molecule has 5 heteroatoms. The summed E-state index contributed by atoms with van der Waals surface area (Å²) < 4.78 is 1.46. The van der Waals surface area contributed by atoms with Crippen LogP contribution in [0.15, 0.2) is 83.0 Å². The molecule has 0 unspecified atom stereocenters. The monoisotopic (exact) mass is 373 g/mol. The largest absolute Gasteiger partial charge is 0.506 e. The predicted molar refractivity (Wildman–Crippen MR) is 109 cm³/mol. The minimum Gasteiger partial charge on any atom is -0.506 e. The molecule has 0 saturated carbocycles. The lowest BCUT2D eigenvalue weighted by molar-refractivity contribution is 0.104. The molecule has 2 heterocycles. The number of aromatic hydroxyl groups is 1. The van der Waals surface area contributed by atoms with Crippen LogP contribution in [0.5, 0.6) is 5.75 Å². The van der Waals surface area contributed by atoms with Crippen LogP contribution in [0.3, 0.4) is 0 Å². The highest BCUT2D eigenvalue weighted by Gasteiger charge is 2.21. The van der Waals surface area contributed by atoms with E-state index in [-0.39, 0.29) is 11.3 Å². The summed E-state index contributed by atoms with van der Waals surface area (Å²) >= 11 is 1.49. The number of fused-ring (bicyclic) bond motifs is 1. The van der Waals surface area contributed by atoms with E-state index in [4.69, 9.17) is 0 Å². The van der Waals surface area contributed by atoms with Gasteiger partial charge in [-0.3, -0.25) is 14.2 Å². The second kappa shape index (κ2) is 7.05. The van der Waals surface area contributed by atoms with Gasteiger partial charge in [-0.1, -0.05) is 36.4 Å². The van der Waals surface area contributed by atoms with E-state index in [1.165, 1.54) is 22.0 Å². The lowest BCUT2D eigenvalue weighted by atomic mass is 10.1. The number of allylic oxidation sites excluding steroid dienone is 1. The van der Waals surface area contributed by atoms with E-state index in [1.54, 1.807) is 42.5 Å². The molecule has 4 nitrogen and oxygen atoms in total. The van der Waals surface area contributed by atoms with Crippen molar-refractivity contribution >= 4 is 34.1 Å². The van der Waals surface area contributed by atoms with E-state index in [1.807, 2.05) is 35.7 Å². The van der Waals surface area contributed by atoms with Gasteiger partial charge in [0.1, 0.15) is 11.3 Å². The van der Waals surface area contributed by atoms with Crippen molar-refractivity contribution < 1.29 is 9.90 Å². The molecule has 0 atom stereocenters. The highest BCUT2D eigenvalue weighted by molar-refractivity contribution is 7.10. The van der Waals surface area contributed by atoms with Gasteiger partial charge in [0.25, 0.3) is 5.56 Å². The second-order valence-corrected chi connectivity index (χ2v) is 6.91. The summed E-state index contributed by atoms with van der Waals surface area (Å²) in [4.78, 5) is 26.8. The summed E-state index contributed by atoms with van der Waals surface area (Å²) in [5.41, 5.74) is 0.406. The Kier molecular flexibility index (Phi) is 4.44. The first-order valence-electron chi connectivity index (χ1n) is 8.35. The molecule has 0 amide bonds. The maximum atomic E-state index is 13.2. The molecule has 0 bridgehead atoms. The number of nitrogens with zero attached hydrogens (tertiary/aromatic N) is 1. The van der Waals surface area contributed by atoms with E-state index in [2.05, 4.69) is 0 Å². The Hall–Kier alpha value is -3.44. The van der Waals surface area contributed by atoms with Gasteiger partial charge in [-0.05, 0) is 47.9 Å². The number of carbonyl (C=O) groups excluding carboxylic acids is 1. The Morgan fingerprint density at radius 1 is 0.963 bits per heavy atom. The fourth-order valence-corrected chi connectivity index (χ4v) is 3.63. The van der Waals surface area contributed by atoms with Gasteiger partial charge in [0.15, 0.2) is 5.78 Å². The zero-order chi connectivity index (χ0) is 18.8. The number of carbonyl (C=O) groups is 1. The number of hydrogen-bond donors (Lipinski definition) is 1. The molecule has 0 aliphatic carbocycles. The van der Waals surface area contributed by atoms with Crippen molar-refractivity contribution in [1.82, 2.24) is 4.57 Å². The Labute approximate surface area is 159 Å². The fourth-order valence-electron chi connectivity index (χ4n) is 3.01. The number of thiophene rings is 1. The van der Waals surface area contributed by atoms with Gasteiger partial charge in [0.2, 0.25) is 0 Å². The third-order valence-corrected chi connectivity index (χ3v) is 5.09. The Morgan fingerprint density at radius 3 is 2.44 bits per heavy atom. The third kappa shape index (κ3) is 3.09. The van der Waals surface area contributed by atoms with Gasteiger partial charge in [-0.25, -0.2) is 0 Å². The molecule has 0 aliphatic rings. The van der Waals surface area contributed by atoms with Crippen LogP contribution in [0.1, 0.15) is 15.2 Å². The third-order valence-electron chi connectivity index (χ3n) is 4.26. The number of aromatic nitrogens is 1. The van der Waals surface area contributed by atoms with Crippen LogP contribution in [0.4, 0.5) is 0 Å². The molecule has 0 aliphatic heterocycles.